The fraction of sp³-hybridized carbons (Fsp3) is 0.174. The highest BCUT2D eigenvalue weighted by Crippen LogP contribution is 2.54. The van der Waals surface area contributed by atoms with Gasteiger partial charge in [0.15, 0.2) is 11.6 Å². The second kappa shape index (κ2) is 7.79. The van der Waals surface area contributed by atoms with Crippen LogP contribution in [0.25, 0.3) is 0 Å². The molecule has 3 heterocycles. The molecule has 2 aliphatic heterocycles. The topological polar surface area (TPSA) is 111 Å². The molecule has 178 valence electrons. The van der Waals surface area contributed by atoms with Gasteiger partial charge in [0, 0.05) is 23.9 Å². The Labute approximate surface area is 195 Å². The van der Waals surface area contributed by atoms with E-state index in [1.165, 1.54) is 6.20 Å². The molecule has 3 atom stereocenters. The minimum atomic E-state index is -1.35. The Hall–Kier alpha value is -4.48. The number of ether oxygens (including phenoxy) is 3. The number of amides is 3. The zero-order valence-corrected chi connectivity index (χ0v) is 17.6. The lowest BCUT2D eigenvalue weighted by Gasteiger charge is -2.19. The summed E-state index contributed by atoms with van der Waals surface area (Å²) < 4.78 is 57.1. The molecule has 6 rings (SSSR count). The second-order valence-electron chi connectivity index (χ2n) is 8.12. The molecule has 0 saturated heterocycles. The van der Waals surface area contributed by atoms with Crippen molar-refractivity contribution in [3.63, 3.8) is 0 Å². The van der Waals surface area contributed by atoms with Gasteiger partial charge in [-0.15, -0.1) is 0 Å². The van der Waals surface area contributed by atoms with Crippen molar-refractivity contribution >= 4 is 23.6 Å². The number of rotatable bonds is 4. The first-order chi connectivity index (χ1) is 16.9. The minimum Gasteiger partial charge on any atom is -0.487 e. The van der Waals surface area contributed by atoms with Gasteiger partial charge in [-0.2, -0.15) is 0 Å². The van der Waals surface area contributed by atoms with E-state index in [2.05, 4.69) is 20.9 Å². The van der Waals surface area contributed by atoms with Crippen LogP contribution in [0.2, 0.25) is 0 Å². The van der Waals surface area contributed by atoms with Crippen molar-refractivity contribution in [2.24, 2.45) is 0 Å². The number of fused-ring (bicyclic) bond motifs is 4. The normalized spacial score (nSPS) is 20.9. The lowest BCUT2D eigenvalue weighted by Crippen LogP contribution is -2.34. The summed E-state index contributed by atoms with van der Waals surface area (Å²) in [6, 6.07) is 6.65. The van der Waals surface area contributed by atoms with E-state index in [0.29, 0.717) is 40.8 Å². The Morgan fingerprint density at radius 3 is 2.80 bits per heavy atom. The summed E-state index contributed by atoms with van der Waals surface area (Å²) in [5.74, 6) is -1.93. The van der Waals surface area contributed by atoms with Gasteiger partial charge in [-0.25, -0.2) is 27.7 Å². The first-order valence-electron chi connectivity index (χ1n) is 10.5. The molecule has 1 aromatic heterocycles. The third kappa shape index (κ3) is 3.72. The van der Waals surface area contributed by atoms with Gasteiger partial charge in [0.05, 0.1) is 23.2 Å². The number of nitrogens with one attached hydrogen (secondary N) is 3. The third-order valence-corrected chi connectivity index (χ3v) is 5.92. The maximum Gasteiger partial charge on any atom is 0.413 e. The van der Waals surface area contributed by atoms with Crippen LogP contribution in [0, 0.1) is 17.5 Å². The van der Waals surface area contributed by atoms with Gasteiger partial charge in [-0.1, -0.05) is 0 Å². The van der Waals surface area contributed by atoms with E-state index >= 15 is 0 Å². The second-order valence-corrected chi connectivity index (χ2v) is 8.12. The summed E-state index contributed by atoms with van der Waals surface area (Å²) in [7, 11) is 0. The number of benzene rings is 2. The molecule has 0 unspecified atom stereocenters. The number of urea groups is 1. The summed E-state index contributed by atoms with van der Waals surface area (Å²) in [5, 5.41) is 7.35. The van der Waals surface area contributed by atoms with E-state index in [-0.39, 0.29) is 18.6 Å². The molecule has 35 heavy (non-hydrogen) atoms. The molecule has 1 fully saturated rings. The average molecular weight is 484 g/mol. The average Bonchev–Trinajstić information content (AvgIpc) is 3.33. The van der Waals surface area contributed by atoms with E-state index in [9.17, 15) is 22.8 Å². The number of hydrogen-bond donors (Lipinski definition) is 3. The Morgan fingerprint density at radius 2 is 1.94 bits per heavy atom. The van der Waals surface area contributed by atoms with E-state index in [4.69, 9.17) is 14.2 Å². The summed E-state index contributed by atoms with van der Waals surface area (Å²) in [5.41, 5.74) is 0.920. The molecule has 3 amide bonds. The lowest BCUT2D eigenvalue weighted by atomic mass is 10.1. The van der Waals surface area contributed by atoms with Crippen LogP contribution in [0.4, 0.5) is 34.3 Å². The number of halogens is 3. The lowest BCUT2D eigenvalue weighted by molar-refractivity contribution is 0.150. The van der Waals surface area contributed by atoms with E-state index < -0.39 is 41.3 Å². The standard InChI is InChI=1S/C23H15F3N4O5/c24-12-6-14(26)15(7-13(12)25)28-22(31)29-19-18-10-5-9(1-2-16(10)35-20(18)19)34-17-3-4-27-21-11(17)8-33-23(32)30-21/h1-7,18-20H,8H2,(H,27,30,32)(H2,28,29,31)/t18-,19-,20-/m0/s1. The van der Waals surface area contributed by atoms with E-state index in [0.717, 1.165) is 5.56 Å². The smallest absolute Gasteiger partial charge is 0.413 e. The van der Waals surface area contributed by atoms with Gasteiger partial charge >= 0.3 is 12.1 Å². The van der Waals surface area contributed by atoms with Crippen LogP contribution in [0.3, 0.4) is 0 Å². The van der Waals surface area contributed by atoms with Crippen molar-refractivity contribution in [1.29, 1.82) is 0 Å². The monoisotopic (exact) mass is 484 g/mol. The van der Waals surface area contributed by atoms with Crippen LogP contribution in [0.1, 0.15) is 17.0 Å². The Kier molecular flexibility index (Phi) is 4.69. The molecular weight excluding hydrogens is 469 g/mol. The number of aromatic nitrogens is 1. The maximum atomic E-state index is 13.8. The molecule has 1 aliphatic carbocycles. The molecule has 0 radical (unpaired) electrons. The van der Waals surface area contributed by atoms with E-state index in [1.807, 2.05) is 0 Å². The highest BCUT2D eigenvalue weighted by atomic mass is 19.2. The largest absolute Gasteiger partial charge is 0.487 e. The number of hydrogen-bond acceptors (Lipinski definition) is 6. The molecule has 2 aromatic carbocycles. The Morgan fingerprint density at radius 1 is 1.11 bits per heavy atom. The maximum absolute atomic E-state index is 13.8. The number of cyclic esters (lactones) is 1. The first-order valence-corrected chi connectivity index (χ1v) is 10.5. The van der Waals surface area contributed by atoms with Crippen LogP contribution in [0.5, 0.6) is 17.2 Å². The number of carbonyl (C=O) groups excluding carboxylic acids is 2. The highest BCUT2D eigenvalue weighted by Gasteiger charge is 2.59. The molecule has 3 aliphatic rings. The fourth-order valence-electron chi connectivity index (χ4n) is 4.22. The van der Waals surface area contributed by atoms with Crippen LogP contribution >= 0.6 is 0 Å². The molecular formula is C23H15F3N4O5. The van der Waals surface area contributed by atoms with Gasteiger partial charge in [0.25, 0.3) is 0 Å². The number of pyridine rings is 1. The molecule has 9 nitrogen and oxygen atoms in total. The van der Waals surface area contributed by atoms with Crippen LogP contribution in [-0.2, 0) is 11.3 Å². The van der Waals surface area contributed by atoms with Crippen molar-refractivity contribution in [2.75, 3.05) is 10.6 Å². The quantitative estimate of drug-likeness (QED) is 0.474. The summed E-state index contributed by atoms with van der Waals surface area (Å²) in [4.78, 5) is 27.8. The first kappa shape index (κ1) is 21.1. The van der Waals surface area contributed by atoms with Gasteiger partial charge in [0.1, 0.15) is 41.6 Å². The molecule has 3 aromatic rings. The van der Waals surface area contributed by atoms with Crippen molar-refractivity contribution in [1.82, 2.24) is 10.3 Å². The predicted octanol–water partition coefficient (Wildman–Crippen LogP) is 4.40. The van der Waals surface area contributed by atoms with Gasteiger partial charge in [-0.3, -0.25) is 5.32 Å². The van der Waals surface area contributed by atoms with Gasteiger partial charge < -0.3 is 24.8 Å². The summed E-state index contributed by atoms with van der Waals surface area (Å²) in [6.45, 7) is 0.0166. The van der Waals surface area contributed by atoms with Crippen molar-refractivity contribution in [3.05, 3.63) is 71.2 Å². The van der Waals surface area contributed by atoms with Crippen molar-refractivity contribution in [3.8, 4) is 17.2 Å². The number of carbonyl (C=O) groups is 2. The fourth-order valence-corrected chi connectivity index (χ4v) is 4.22. The molecule has 1 saturated carbocycles. The third-order valence-electron chi connectivity index (χ3n) is 5.92. The zero-order chi connectivity index (χ0) is 24.3. The van der Waals surface area contributed by atoms with Crippen LogP contribution in [0.15, 0.2) is 42.6 Å². The summed E-state index contributed by atoms with van der Waals surface area (Å²) in [6.07, 6.45) is 0.589. The zero-order valence-electron chi connectivity index (χ0n) is 17.6. The predicted molar refractivity (Wildman–Crippen MR) is 114 cm³/mol. The molecule has 12 heteroatoms. The number of anilines is 2. The SMILES string of the molecule is O=C(Nc1cc(F)c(F)cc1F)N[C@@H]1[C@H]2Oc3ccc(Oc4ccnc5c4COC(=O)N5)cc3[C@@H]12. The van der Waals surface area contributed by atoms with Crippen molar-refractivity contribution in [2.45, 2.75) is 24.7 Å². The van der Waals surface area contributed by atoms with Gasteiger partial charge in [-0.05, 0) is 24.3 Å². The van der Waals surface area contributed by atoms with Crippen LogP contribution in [-0.4, -0.2) is 29.3 Å². The highest BCUT2D eigenvalue weighted by molar-refractivity contribution is 5.90. The number of nitrogens with zero attached hydrogens (tertiary/aromatic N) is 1. The van der Waals surface area contributed by atoms with Crippen molar-refractivity contribution < 1.29 is 37.0 Å². The Bertz CT molecular complexity index is 1400. The molecule has 0 bridgehead atoms. The molecule has 3 N–H and O–H groups in total. The Balaban J connectivity index is 1.15. The van der Waals surface area contributed by atoms with E-state index in [1.54, 1.807) is 24.3 Å². The minimum absolute atomic E-state index is 0.0166. The summed E-state index contributed by atoms with van der Waals surface area (Å²) >= 11 is 0. The van der Waals surface area contributed by atoms with Gasteiger partial charge in [0.2, 0.25) is 0 Å². The van der Waals surface area contributed by atoms with Crippen LogP contribution < -0.4 is 25.4 Å². The molecule has 0 spiro atoms.